The minimum atomic E-state index is 0.628. The molecule has 1 saturated heterocycles. The second-order valence-electron chi connectivity index (χ2n) is 6.50. The van der Waals surface area contributed by atoms with Crippen molar-refractivity contribution in [2.75, 3.05) is 44.2 Å². The number of benzene rings is 1. The van der Waals surface area contributed by atoms with E-state index in [0.717, 1.165) is 50.2 Å². The van der Waals surface area contributed by atoms with Crippen LogP contribution < -0.4 is 10.6 Å². The maximum Gasteiger partial charge on any atom is 0.0426 e. The summed E-state index contributed by atoms with van der Waals surface area (Å²) in [6.45, 7) is 10.9. The molecule has 1 aliphatic heterocycles. The lowest BCUT2D eigenvalue weighted by molar-refractivity contribution is 0.207. The molecule has 2 N–H and O–H groups in total. The zero-order valence-corrected chi connectivity index (χ0v) is 14.0. The van der Waals surface area contributed by atoms with Crippen molar-refractivity contribution in [3.05, 3.63) is 29.3 Å². The van der Waals surface area contributed by atoms with Gasteiger partial charge in [-0.15, -0.1) is 0 Å². The Morgan fingerprint density at radius 1 is 1.19 bits per heavy atom. The van der Waals surface area contributed by atoms with Gasteiger partial charge in [-0.2, -0.15) is 0 Å². The van der Waals surface area contributed by atoms with E-state index in [4.69, 9.17) is 17.3 Å². The third-order valence-electron chi connectivity index (χ3n) is 4.20. The molecule has 1 atom stereocenters. The van der Waals surface area contributed by atoms with Crippen molar-refractivity contribution in [3.8, 4) is 0 Å². The van der Waals surface area contributed by atoms with Crippen LogP contribution in [0.1, 0.15) is 20.3 Å². The van der Waals surface area contributed by atoms with Crippen molar-refractivity contribution in [3.63, 3.8) is 0 Å². The van der Waals surface area contributed by atoms with Gasteiger partial charge in [0.25, 0.3) is 0 Å². The highest BCUT2D eigenvalue weighted by molar-refractivity contribution is 6.30. The first-order valence-electron chi connectivity index (χ1n) is 8.01. The van der Waals surface area contributed by atoms with E-state index in [2.05, 4.69) is 35.8 Å². The lowest BCUT2D eigenvalue weighted by Gasteiger charge is -2.37. The highest BCUT2D eigenvalue weighted by Crippen LogP contribution is 2.21. The molecule has 0 bridgehead atoms. The Morgan fingerprint density at radius 3 is 2.48 bits per heavy atom. The monoisotopic (exact) mass is 309 g/mol. The van der Waals surface area contributed by atoms with Gasteiger partial charge in [-0.05, 0) is 43.0 Å². The molecule has 1 aromatic carbocycles. The number of anilines is 1. The summed E-state index contributed by atoms with van der Waals surface area (Å²) in [6.07, 6.45) is 1.23. The van der Waals surface area contributed by atoms with E-state index >= 15 is 0 Å². The van der Waals surface area contributed by atoms with Crippen LogP contribution >= 0.6 is 11.6 Å². The van der Waals surface area contributed by atoms with Crippen LogP contribution in [0.15, 0.2) is 24.3 Å². The van der Waals surface area contributed by atoms with Gasteiger partial charge >= 0.3 is 0 Å². The molecular formula is C17H28ClN3. The highest BCUT2D eigenvalue weighted by atomic mass is 35.5. The van der Waals surface area contributed by atoms with Gasteiger partial charge in [-0.1, -0.05) is 31.5 Å². The normalized spacial score (nSPS) is 18.2. The van der Waals surface area contributed by atoms with Gasteiger partial charge in [0.15, 0.2) is 0 Å². The number of halogens is 1. The molecule has 4 heteroatoms. The van der Waals surface area contributed by atoms with E-state index < -0.39 is 0 Å². The molecular weight excluding hydrogens is 282 g/mol. The van der Waals surface area contributed by atoms with Gasteiger partial charge in [-0.3, -0.25) is 4.90 Å². The SMILES string of the molecule is CC(C)CC(CN)CN1CCN(c2cccc(Cl)c2)CC1. The van der Waals surface area contributed by atoms with Gasteiger partial charge in [0.1, 0.15) is 0 Å². The second kappa shape index (κ2) is 8.02. The fourth-order valence-corrected chi connectivity index (χ4v) is 3.32. The molecule has 0 aromatic heterocycles. The predicted molar refractivity (Wildman–Crippen MR) is 92.1 cm³/mol. The predicted octanol–water partition coefficient (Wildman–Crippen LogP) is 3.08. The van der Waals surface area contributed by atoms with E-state index in [-0.39, 0.29) is 0 Å². The first-order valence-corrected chi connectivity index (χ1v) is 8.39. The summed E-state index contributed by atoms with van der Waals surface area (Å²) >= 11 is 6.08. The molecule has 0 spiro atoms. The van der Waals surface area contributed by atoms with Crippen LogP contribution in [0.4, 0.5) is 5.69 Å². The van der Waals surface area contributed by atoms with Crippen LogP contribution in [-0.4, -0.2) is 44.2 Å². The summed E-state index contributed by atoms with van der Waals surface area (Å²) in [5, 5.41) is 0.815. The van der Waals surface area contributed by atoms with E-state index in [0.29, 0.717) is 5.92 Å². The molecule has 1 aromatic rings. The van der Waals surface area contributed by atoms with Crippen molar-refractivity contribution in [1.82, 2.24) is 4.90 Å². The Balaban J connectivity index is 1.82. The van der Waals surface area contributed by atoms with Crippen LogP contribution in [0.25, 0.3) is 0 Å². The molecule has 0 saturated carbocycles. The summed E-state index contributed by atoms with van der Waals surface area (Å²) in [5.74, 6) is 1.36. The fourth-order valence-electron chi connectivity index (χ4n) is 3.14. The van der Waals surface area contributed by atoms with Crippen molar-refractivity contribution in [1.29, 1.82) is 0 Å². The molecule has 2 rings (SSSR count). The van der Waals surface area contributed by atoms with Crippen LogP contribution in [0.3, 0.4) is 0 Å². The number of rotatable bonds is 6. The summed E-state index contributed by atoms with van der Waals surface area (Å²) in [5.41, 5.74) is 7.16. The molecule has 118 valence electrons. The maximum atomic E-state index is 6.08. The van der Waals surface area contributed by atoms with Crippen LogP contribution in [-0.2, 0) is 0 Å². The maximum absolute atomic E-state index is 6.08. The quantitative estimate of drug-likeness (QED) is 0.876. The molecule has 0 amide bonds. The third-order valence-corrected chi connectivity index (χ3v) is 4.44. The summed E-state index contributed by atoms with van der Waals surface area (Å²) in [7, 11) is 0. The van der Waals surface area contributed by atoms with Crippen molar-refractivity contribution in [2.24, 2.45) is 17.6 Å². The molecule has 0 aliphatic carbocycles. The third kappa shape index (κ3) is 5.17. The zero-order chi connectivity index (χ0) is 15.2. The molecule has 1 fully saturated rings. The Kier molecular flexibility index (Phi) is 6.34. The molecule has 1 unspecified atom stereocenters. The van der Waals surface area contributed by atoms with Crippen LogP contribution in [0.2, 0.25) is 5.02 Å². The summed E-state index contributed by atoms with van der Waals surface area (Å²) in [4.78, 5) is 4.98. The molecule has 1 heterocycles. The number of hydrogen-bond acceptors (Lipinski definition) is 3. The first kappa shape index (κ1) is 16.6. The Hall–Kier alpha value is -0.770. The smallest absolute Gasteiger partial charge is 0.0426 e. The number of hydrogen-bond donors (Lipinski definition) is 1. The Labute approximate surface area is 134 Å². The number of piperazine rings is 1. The highest BCUT2D eigenvalue weighted by Gasteiger charge is 2.20. The molecule has 21 heavy (non-hydrogen) atoms. The minimum Gasteiger partial charge on any atom is -0.369 e. The fraction of sp³-hybridized carbons (Fsp3) is 0.647. The van der Waals surface area contributed by atoms with Gasteiger partial charge in [0, 0.05) is 43.4 Å². The zero-order valence-electron chi connectivity index (χ0n) is 13.3. The second-order valence-corrected chi connectivity index (χ2v) is 6.94. The van der Waals surface area contributed by atoms with E-state index in [1.165, 1.54) is 12.1 Å². The summed E-state index contributed by atoms with van der Waals surface area (Å²) < 4.78 is 0. The number of nitrogens with two attached hydrogens (primary N) is 1. The lowest BCUT2D eigenvalue weighted by Crippen LogP contribution is -2.48. The molecule has 1 aliphatic rings. The van der Waals surface area contributed by atoms with Crippen molar-refractivity contribution in [2.45, 2.75) is 20.3 Å². The van der Waals surface area contributed by atoms with Gasteiger partial charge in [0.05, 0.1) is 0 Å². The topological polar surface area (TPSA) is 32.5 Å². The Morgan fingerprint density at radius 2 is 1.90 bits per heavy atom. The van der Waals surface area contributed by atoms with E-state index in [1.807, 2.05) is 12.1 Å². The van der Waals surface area contributed by atoms with Crippen molar-refractivity contribution >= 4 is 17.3 Å². The van der Waals surface area contributed by atoms with Gasteiger partial charge in [0.2, 0.25) is 0 Å². The van der Waals surface area contributed by atoms with Gasteiger partial charge in [-0.25, -0.2) is 0 Å². The van der Waals surface area contributed by atoms with Crippen LogP contribution in [0.5, 0.6) is 0 Å². The van der Waals surface area contributed by atoms with Crippen LogP contribution in [0, 0.1) is 11.8 Å². The minimum absolute atomic E-state index is 0.628. The molecule has 3 nitrogen and oxygen atoms in total. The summed E-state index contributed by atoms with van der Waals surface area (Å²) in [6, 6.07) is 8.15. The first-order chi connectivity index (χ1) is 10.1. The molecule has 0 radical (unpaired) electrons. The van der Waals surface area contributed by atoms with Crippen molar-refractivity contribution < 1.29 is 0 Å². The standard InChI is InChI=1S/C17H28ClN3/c1-14(2)10-15(12-19)13-20-6-8-21(9-7-20)17-5-3-4-16(18)11-17/h3-5,11,14-15H,6-10,12-13,19H2,1-2H3. The average Bonchev–Trinajstić information content (AvgIpc) is 2.47. The largest absolute Gasteiger partial charge is 0.369 e. The van der Waals surface area contributed by atoms with E-state index in [1.54, 1.807) is 0 Å². The number of nitrogens with zero attached hydrogens (tertiary/aromatic N) is 2. The van der Waals surface area contributed by atoms with Gasteiger partial charge < -0.3 is 10.6 Å². The average molecular weight is 310 g/mol. The Bertz CT molecular complexity index is 428. The lowest BCUT2D eigenvalue weighted by atomic mass is 9.96. The van der Waals surface area contributed by atoms with E-state index in [9.17, 15) is 0 Å².